The highest BCUT2D eigenvalue weighted by Crippen LogP contribution is 2.55. The largest absolute Gasteiger partial charge is 0.115 e. The summed E-state index contributed by atoms with van der Waals surface area (Å²) in [7, 11) is 0. The minimum Gasteiger partial charge on any atom is -0.115 e. The smallest absolute Gasteiger partial charge is 0.0713 e. The van der Waals surface area contributed by atoms with Crippen molar-refractivity contribution in [3.63, 3.8) is 0 Å². The van der Waals surface area contributed by atoms with Crippen molar-refractivity contribution in [3.8, 4) is 23.5 Å². The maximum atomic E-state index is 5.70. The molecule has 0 N–H and O–H groups in total. The van der Waals surface area contributed by atoms with E-state index >= 15 is 0 Å². The van der Waals surface area contributed by atoms with Crippen molar-refractivity contribution in [2.45, 2.75) is 5.41 Å². The Labute approximate surface area is 160 Å². The average molecular weight is 342 g/mol. The van der Waals surface area contributed by atoms with Crippen LogP contribution in [0.15, 0.2) is 103 Å². The molecular weight excluding hydrogens is 324 g/mol. The molecule has 0 atom stereocenters. The van der Waals surface area contributed by atoms with Crippen LogP contribution in [-0.2, 0) is 5.41 Å². The normalized spacial score (nSPS) is 13.4. The Kier molecular flexibility index (Phi) is 3.49. The van der Waals surface area contributed by atoms with Crippen molar-refractivity contribution in [3.05, 3.63) is 131 Å². The van der Waals surface area contributed by atoms with Crippen LogP contribution in [-0.4, -0.2) is 0 Å². The molecule has 0 fully saturated rings. The van der Waals surface area contributed by atoms with E-state index in [4.69, 9.17) is 6.42 Å². The minimum atomic E-state index is -0.332. The third kappa shape index (κ3) is 2.12. The van der Waals surface area contributed by atoms with E-state index in [-0.39, 0.29) is 5.41 Å². The lowest BCUT2D eigenvalue weighted by atomic mass is 9.68. The topological polar surface area (TPSA) is 0 Å². The van der Waals surface area contributed by atoms with Gasteiger partial charge in [-0.15, -0.1) is 6.42 Å². The molecule has 0 aliphatic heterocycles. The van der Waals surface area contributed by atoms with Crippen molar-refractivity contribution in [1.82, 2.24) is 0 Å². The highest BCUT2D eigenvalue weighted by molar-refractivity contribution is 5.86. The second kappa shape index (κ2) is 6.01. The molecular formula is C27H18. The zero-order chi connectivity index (χ0) is 18.3. The number of benzene rings is 4. The fourth-order valence-corrected chi connectivity index (χ4v) is 4.54. The molecule has 4 aromatic rings. The first-order chi connectivity index (χ1) is 13.4. The second-order valence-electron chi connectivity index (χ2n) is 6.93. The zero-order valence-corrected chi connectivity index (χ0v) is 14.9. The van der Waals surface area contributed by atoms with Crippen LogP contribution >= 0.6 is 0 Å². The van der Waals surface area contributed by atoms with Crippen LogP contribution in [0.2, 0.25) is 0 Å². The number of hydrogen-bond donors (Lipinski definition) is 0. The summed E-state index contributed by atoms with van der Waals surface area (Å²) in [6.07, 6.45) is 5.70. The van der Waals surface area contributed by atoms with E-state index < -0.39 is 0 Å². The van der Waals surface area contributed by atoms with Crippen molar-refractivity contribution < 1.29 is 0 Å². The van der Waals surface area contributed by atoms with Gasteiger partial charge >= 0.3 is 0 Å². The standard InChI is InChI=1S/C27H18/c1-2-20-17-18-26-24(19-20)23-15-9-10-16-25(23)27(26,21-11-5-3-6-12-21)22-13-7-4-8-14-22/h1,3-19H. The summed E-state index contributed by atoms with van der Waals surface area (Å²) >= 11 is 0. The molecule has 0 amide bonds. The molecule has 0 aromatic heterocycles. The summed E-state index contributed by atoms with van der Waals surface area (Å²) < 4.78 is 0. The summed E-state index contributed by atoms with van der Waals surface area (Å²) in [4.78, 5) is 0. The summed E-state index contributed by atoms with van der Waals surface area (Å²) in [5.74, 6) is 2.79. The molecule has 0 nitrogen and oxygen atoms in total. The molecule has 1 aliphatic carbocycles. The Balaban J connectivity index is 1.97. The molecule has 0 saturated carbocycles. The minimum absolute atomic E-state index is 0.332. The Morgan fingerprint density at radius 2 is 1.11 bits per heavy atom. The first-order valence-electron chi connectivity index (χ1n) is 9.18. The molecule has 5 rings (SSSR count). The van der Waals surface area contributed by atoms with Crippen LogP contribution < -0.4 is 0 Å². The van der Waals surface area contributed by atoms with Gasteiger partial charge in [0.15, 0.2) is 0 Å². The number of fused-ring (bicyclic) bond motifs is 3. The quantitative estimate of drug-likeness (QED) is 0.344. The predicted molar refractivity (Wildman–Crippen MR) is 112 cm³/mol. The van der Waals surface area contributed by atoms with E-state index in [1.165, 1.54) is 33.4 Å². The average Bonchev–Trinajstić information content (AvgIpc) is 3.05. The molecule has 1 aliphatic rings. The van der Waals surface area contributed by atoms with Gasteiger partial charge in [0, 0.05) is 5.56 Å². The van der Waals surface area contributed by atoms with E-state index in [0.29, 0.717) is 0 Å². The van der Waals surface area contributed by atoms with Gasteiger partial charge in [0.1, 0.15) is 0 Å². The molecule has 0 heterocycles. The number of rotatable bonds is 2. The Bertz CT molecular complexity index is 1120. The molecule has 0 spiro atoms. The highest BCUT2D eigenvalue weighted by Gasteiger charge is 2.45. The van der Waals surface area contributed by atoms with Gasteiger partial charge in [-0.3, -0.25) is 0 Å². The van der Waals surface area contributed by atoms with E-state index in [1.54, 1.807) is 0 Å². The summed E-state index contributed by atoms with van der Waals surface area (Å²) in [5, 5.41) is 0. The van der Waals surface area contributed by atoms with Gasteiger partial charge in [0.05, 0.1) is 5.41 Å². The first-order valence-corrected chi connectivity index (χ1v) is 9.18. The maximum Gasteiger partial charge on any atom is 0.0713 e. The molecule has 0 radical (unpaired) electrons. The fraction of sp³-hybridized carbons (Fsp3) is 0.0370. The van der Waals surface area contributed by atoms with Gasteiger partial charge in [-0.2, -0.15) is 0 Å². The lowest BCUT2D eigenvalue weighted by molar-refractivity contribution is 0.768. The van der Waals surface area contributed by atoms with Gasteiger partial charge in [0.2, 0.25) is 0 Å². The van der Waals surface area contributed by atoms with Crippen molar-refractivity contribution in [1.29, 1.82) is 0 Å². The summed E-state index contributed by atoms with van der Waals surface area (Å²) in [6, 6.07) is 36.7. The number of terminal acetylenes is 1. The molecule has 0 saturated heterocycles. The molecule has 0 unspecified atom stereocenters. The SMILES string of the molecule is C#Cc1ccc2c(c1)-c1ccccc1C2(c1ccccc1)c1ccccc1. The molecule has 0 heteroatoms. The van der Waals surface area contributed by atoms with Crippen molar-refractivity contribution >= 4 is 0 Å². The third-order valence-corrected chi connectivity index (χ3v) is 5.63. The number of hydrogen-bond acceptors (Lipinski definition) is 0. The van der Waals surface area contributed by atoms with Crippen LogP contribution in [0.1, 0.15) is 27.8 Å². The monoisotopic (exact) mass is 342 g/mol. The predicted octanol–water partition coefficient (Wildman–Crippen LogP) is 6.03. The van der Waals surface area contributed by atoms with Gasteiger partial charge in [0.25, 0.3) is 0 Å². The van der Waals surface area contributed by atoms with Gasteiger partial charge < -0.3 is 0 Å². The second-order valence-corrected chi connectivity index (χ2v) is 6.93. The summed E-state index contributed by atoms with van der Waals surface area (Å²) in [5.41, 5.74) is 8.23. The van der Waals surface area contributed by atoms with Gasteiger partial charge in [-0.25, -0.2) is 0 Å². The fourth-order valence-electron chi connectivity index (χ4n) is 4.54. The third-order valence-electron chi connectivity index (χ3n) is 5.63. The van der Waals surface area contributed by atoms with Crippen LogP contribution in [0.3, 0.4) is 0 Å². The Morgan fingerprint density at radius 3 is 1.74 bits per heavy atom. The van der Waals surface area contributed by atoms with Crippen LogP contribution in [0.25, 0.3) is 11.1 Å². The summed E-state index contributed by atoms with van der Waals surface area (Å²) in [6.45, 7) is 0. The van der Waals surface area contributed by atoms with Gasteiger partial charge in [-0.1, -0.05) is 96.9 Å². The van der Waals surface area contributed by atoms with E-state index in [1.807, 2.05) is 0 Å². The lowest BCUT2D eigenvalue weighted by Gasteiger charge is -2.33. The van der Waals surface area contributed by atoms with Crippen molar-refractivity contribution in [2.24, 2.45) is 0 Å². The molecule has 0 bridgehead atoms. The highest BCUT2D eigenvalue weighted by atomic mass is 14.5. The Morgan fingerprint density at radius 1 is 0.556 bits per heavy atom. The molecule has 4 aromatic carbocycles. The lowest BCUT2D eigenvalue weighted by Crippen LogP contribution is -2.28. The van der Waals surface area contributed by atoms with Gasteiger partial charge in [-0.05, 0) is 45.5 Å². The first kappa shape index (κ1) is 15.7. The maximum absolute atomic E-state index is 5.70. The van der Waals surface area contributed by atoms with Crippen LogP contribution in [0.4, 0.5) is 0 Å². The van der Waals surface area contributed by atoms with Crippen LogP contribution in [0, 0.1) is 12.3 Å². The van der Waals surface area contributed by atoms with Crippen molar-refractivity contribution in [2.75, 3.05) is 0 Å². The molecule has 126 valence electrons. The van der Waals surface area contributed by atoms with E-state index in [0.717, 1.165) is 5.56 Å². The molecule has 27 heavy (non-hydrogen) atoms. The van der Waals surface area contributed by atoms with E-state index in [2.05, 4.69) is 109 Å². The Hall–Kier alpha value is -3.56. The van der Waals surface area contributed by atoms with Crippen LogP contribution in [0.5, 0.6) is 0 Å². The zero-order valence-electron chi connectivity index (χ0n) is 14.9. The van der Waals surface area contributed by atoms with E-state index in [9.17, 15) is 0 Å².